The van der Waals surface area contributed by atoms with Crippen molar-refractivity contribution >= 4 is 22.9 Å². The van der Waals surface area contributed by atoms with Crippen molar-refractivity contribution in [1.82, 2.24) is 5.32 Å². The molecule has 0 saturated heterocycles. The second-order valence-electron chi connectivity index (χ2n) is 4.07. The molecule has 1 atom stereocenters. The summed E-state index contributed by atoms with van der Waals surface area (Å²) in [7, 11) is 0. The first-order chi connectivity index (χ1) is 8.65. The van der Waals surface area contributed by atoms with Gasteiger partial charge in [-0.15, -0.1) is 11.3 Å². The van der Waals surface area contributed by atoms with E-state index in [0.29, 0.717) is 5.56 Å². The zero-order valence-electron chi connectivity index (χ0n) is 10.3. The van der Waals surface area contributed by atoms with E-state index in [4.69, 9.17) is 11.6 Å². The van der Waals surface area contributed by atoms with Crippen LogP contribution in [0.25, 0.3) is 0 Å². The molecule has 1 aromatic heterocycles. The summed E-state index contributed by atoms with van der Waals surface area (Å²) in [5.74, 6) is -0.337. The fourth-order valence-corrected chi connectivity index (χ4v) is 2.95. The Labute approximate surface area is 116 Å². The molecule has 1 heterocycles. The van der Waals surface area contributed by atoms with E-state index in [2.05, 4.69) is 5.32 Å². The number of thiophene rings is 1. The minimum Gasteiger partial charge on any atom is -0.306 e. The van der Waals surface area contributed by atoms with Crippen molar-refractivity contribution < 1.29 is 4.39 Å². The summed E-state index contributed by atoms with van der Waals surface area (Å²) in [5, 5.41) is 5.51. The largest absolute Gasteiger partial charge is 0.306 e. The molecule has 0 bridgehead atoms. The molecule has 0 amide bonds. The standard InChI is InChI=1S/C14H15ClFNS/c1-3-17-14(10-7-8-18-9(10)2)11-5-4-6-12(15)13(11)16/h4-8,14,17H,3H2,1-2H3. The van der Waals surface area contributed by atoms with Crippen LogP contribution in [0.1, 0.15) is 29.0 Å². The molecule has 4 heteroatoms. The van der Waals surface area contributed by atoms with Gasteiger partial charge in [-0.25, -0.2) is 4.39 Å². The second kappa shape index (κ2) is 5.83. The maximum Gasteiger partial charge on any atom is 0.146 e. The average Bonchev–Trinajstić information content (AvgIpc) is 2.76. The predicted molar refractivity (Wildman–Crippen MR) is 76.0 cm³/mol. The van der Waals surface area contributed by atoms with Gasteiger partial charge in [0.05, 0.1) is 11.1 Å². The quantitative estimate of drug-likeness (QED) is 0.868. The van der Waals surface area contributed by atoms with Crippen LogP contribution in [0, 0.1) is 12.7 Å². The van der Waals surface area contributed by atoms with Gasteiger partial charge in [-0.1, -0.05) is 30.7 Å². The van der Waals surface area contributed by atoms with Crippen LogP contribution in [0.2, 0.25) is 5.02 Å². The average molecular weight is 284 g/mol. The van der Waals surface area contributed by atoms with Crippen molar-refractivity contribution in [3.05, 3.63) is 56.5 Å². The fraction of sp³-hybridized carbons (Fsp3) is 0.286. The van der Waals surface area contributed by atoms with E-state index in [-0.39, 0.29) is 16.9 Å². The number of hydrogen-bond acceptors (Lipinski definition) is 2. The molecule has 0 fully saturated rings. The van der Waals surface area contributed by atoms with Gasteiger partial charge in [-0.2, -0.15) is 0 Å². The Kier molecular flexibility index (Phi) is 4.38. The van der Waals surface area contributed by atoms with Crippen LogP contribution in [-0.4, -0.2) is 6.54 Å². The third kappa shape index (κ3) is 2.58. The molecule has 1 aromatic carbocycles. The van der Waals surface area contributed by atoms with E-state index < -0.39 is 0 Å². The van der Waals surface area contributed by atoms with Crippen LogP contribution in [-0.2, 0) is 0 Å². The monoisotopic (exact) mass is 283 g/mol. The molecule has 0 aliphatic rings. The Morgan fingerprint density at radius 2 is 2.11 bits per heavy atom. The first-order valence-corrected chi connectivity index (χ1v) is 7.12. The fourth-order valence-electron chi connectivity index (χ4n) is 2.03. The van der Waals surface area contributed by atoms with Crippen LogP contribution in [0.5, 0.6) is 0 Å². The zero-order valence-corrected chi connectivity index (χ0v) is 11.9. The Morgan fingerprint density at radius 1 is 1.33 bits per heavy atom. The van der Waals surface area contributed by atoms with Gasteiger partial charge >= 0.3 is 0 Å². The second-order valence-corrected chi connectivity index (χ2v) is 5.59. The van der Waals surface area contributed by atoms with Crippen molar-refractivity contribution in [2.45, 2.75) is 19.9 Å². The maximum atomic E-state index is 14.1. The number of nitrogens with one attached hydrogen (secondary N) is 1. The van der Waals surface area contributed by atoms with Crippen molar-refractivity contribution in [3.8, 4) is 0 Å². The minimum atomic E-state index is -0.337. The lowest BCUT2D eigenvalue weighted by molar-refractivity contribution is 0.559. The van der Waals surface area contributed by atoms with E-state index in [0.717, 1.165) is 12.1 Å². The normalized spacial score (nSPS) is 12.7. The third-order valence-corrected chi connectivity index (χ3v) is 4.06. The van der Waals surface area contributed by atoms with Gasteiger partial charge in [0.1, 0.15) is 5.82 Å². The number of rotatable bonds is 4. The van der Waals surface area contributed by atoms with Crippen molar-refractivity contribution in [2.75, 3.05) is 6.54 Å². The Hall–Kier alpha value is -0.900. The number of benzene rings is 1. The molecule has 1 N–H and O–H groups in total. The van der Waals surface area contributed by atoms with Crippen molar-refractivity contribution in [2.24, 2.45) is 0 Å². The summed E-state index contributed by atoms with van der Waals surface area (Å²) in [6.45, 7) is 4.83. The summed E-state index contributed by atoms with van der Waals surface area (Å²) in [6.07, 6.45) is 0. The first-order valence-electron chi connectivity index (χ1n) is 5.86. The molecule has 0 saturated carbocycles. The first kappa shape index (κ1) is 13.5. The Bertz CT molecular complexity index is 538. The van der Waals surface area contributed by atoms with Crippen molar-refractivity contribution in [3.63, 3.8) is 0 Å². The third-order valence-electron chi connectivity index (χ3n) is 2.91. The molecule has 96 valence electrons. The molecular weight excluding hydrogens is 269 g/mol. The Morgan fingerprint density at radius 3 is 2.72 bits per heavy atom. The van der Waals surface area contributed by atoms with Crippen molar-refractivity contribution in [1.29, 1.82) is 0 Å². The summed E-state index contributed by atoms with van der Waals surface area (Å²) in [4.78, 5) is 1.19. The van der Waals surface area contributed by atoms with Gasteiger partial charge in [0.25, 0.3) is 0 Å². The number of hydrogen-bond donors (Lipinski definition) is 1. The molecule has 0 spiro atoms. The lowest BCUT2D eigenvalue weighted by Crippen LogP contribution is -2.23. The highest BCUT2D eigenvalue weighted by Crippen LogP contribution is 2.31. The molecule has 0 radical (unpaired) electrons. The maximum absolute atomic E-state index is 14.1. The molecule has 18 heavy (non-hydrogen) atoms. The SMILES string of the molecule is CCNC(c1ccsc1C)c1cccc(Cl)c1F. The summed E-state index contributed by atoms with van der Waals surface area (Å²) < 4.78 is 14.1. The van der Waals surface area contributed by atoms with Gasteiger partial charge in [-0.3, -0.25) is 0 Å². The summed E-state index contributed by atoms with van der Waals surface area (Å²) >= 11 is 7.53. The number of aryl methyl sites for hydroxylation is 1. The molecule has 2 aromatic rings. The van der Waals surface area contributed by atoms with Crippen LogP contribution in [0.15, 0.2) is 29.6 Å². The summed E-state index contributed by atoms with van der Waals surface area (Å²) in [6, 6.07) is 7.04. The van der Waals surface area contributed by atoms with Gasteiger partial charge in [0.2, 0.25) is 0 Å². The smallest absolute Gasteiger partial charge is 0.146 e. The highest BCUT2D eigenvalue weighted by molar-refractivity contribution is 7.10. The predicted octanol–water partition coefficient (Wildman–Crippen LogP) is 4.55. The van der Waals surface area contributed by atoms with Gasteiger partial charge < -0.3 is 5.32 Å². The van der Waals surface area contributed by atoms with Gasteiger partial charge in [0.15, 0.2) is 0 Å². The lowest BCUT2D eigenvalue weighted by atomic mass is 9.99. The van der Waals surface area contributed by atoms with E-state index in [9.17, 15) is 4.39 Å². The molecule has 2 rings (SSSR count). The van der Waals surface area contributed by atoms with E-state index in [1.807, 2.05) is 25.3 Å². The lowest BCUT2D eigenvalue weighted by Gasteiger charge is -2.19. The van der Waals surface area contributed by atoms with E-state index in [1.165, 1.54) is 4.88 Å². The minimum absolute atomic E-state index is 0.139. The molecular formula is C14H15ClFNS. The highest BCUT2D eigenvalue weighted by Gasteiger charge is 2.20. The molecule has 0 aliphatic heterocycles. The van der Waals surface area contributed by atoms with Crippen LogP contribution < -0.4 is 5.32 Å². The van der Waals surface area contributed by atoms with Gasteiger partial charge in [0, 0.05) is 10.4 Å². The highest BCUT2D eigenvalue weighted by atomic mass is 35.5. The zero-order chi connectivity index (χ0) is 13.1. The molecule has 1 nitrogen and oxygen atoms in total. The topological polar surface area (TPSA) is 12.0 Å². The summed E-state index contributed by atoms with van der Waals surface area (Å²) in [5.41, 5.74) is 1.72. The number of halogens is 2. The van der Waals surface area contributed by atoms with Crippen LogP contribution in [0.3, 0.4) is 0 Å². The van der Waals surface area contributed by atoms with Gasteiger partial charge in [-0.05, 0) is 36.5 Å². The Balaban J connectivity index is 2.48. The van der Waals surface area contributed by atoms with E-state index in [1.54, 1.807) is 29.5 Å². The van der Waals surface area contributed by atoms with Crippen LogP contribution in [0.4, 0.5) is 4.39 Å². The van der Waals surface area contributed by atoms with Crippen LogP contribution >= 0.6 is 22.9 Å². The molecule has 0 aliphatic carbocycles. The van der Waals surface area contributed by atoms with E-state index >= 15 is 0 Å². The molecule has 1 unspecified atom stereocenters.